The molecule has 2 amide bonds. The highest BCUT2D eigenvalue weighted by Crippen LogP contribution is 2.48. The van der Waals surface area contributed by atoms with Crippen LogP contribution in [0, 0.1) is 29.1 Å². The summed E-state index contributed by atoms with van der Waals surface area (Å²) in [4.78, 5) is 37.5. The van der Waals surface area contributed by atoms with Crippen molar-refractivity contribution in [1.29, 1.82) is 0 Å². The van der Waals surface area contributed by atoms with Gasteiger partial charge in [-0.15, -0.1) is 0 Å². The maximum atomic E-state index is 14.5. The zero-order valence-electron chi connectivity index (χ0n) is 29.9. The number of nitrogens with zero attached hydrogens (tertiary/aromatic N) is 2. The Morgan fingerprint density at radius 2 is 1.21 bits per heavy atom. The highest BCUT2D eigenvalue weighted by molar-refractivity contribution is 8.15. The van der Waals surface area contributed by atoms with Gasteiger partial charge in [-0.05, 0) is 59.9 Å². The molecule has 0 aliphatic carbocycles. The summed E-state index contributed by atoms with van der Waals surface area (Å²) in [5.41, 5.74) is 2.73. The van der Waals surface area contributed by atoms with E-state index in [4.69, 9.17) is 9.47 Å². The van der Waals surface area contributed by atoms with Crippen LogP contribution in [0.15, 0.2) is 133 Å². The summed E-state index contributed by atoms with van der Waals surface area (Å²) in [7, 11) is 0. The van der Waals surface area contributed by atoms with Crippen molar-refractivity contribution in [2.75, 3.05) is 0 Å². The van der Waals surface area contributed by atoms with Gasteiger partial charge in [0.15, 0.2) is 6.10 Å². The molecule has 1 N–H and O–H groups in total. The van der Waals surface area contributed by atoms with E-state index in [9.17, 15) is 31.5 Å². The van der Waals surface area contributed by atoms with Gasteiger partial charge in [-0.1, -0.05) is 115 Å². The number of nitrogens with one attached hydrogen (secondary N) is 1. The van der Waals surface area contributed by atoms with Crippen molar-refractivity contribution in [3.63, 3.8) is 0 Å². The number of hydrogen-bond acceptors (Lipinski definition) is 6. The van der Waals surface area contributed by atoms with Gasteiger partial charge in [0.05, 0.1) is 16.3 Å². The summed E-state index contributed by atoms with van der Waals surface area (Å²) >= 11 is 1.01. The van der Waals surface area contributed by atoms with Crippen LogP contribution in [0.5, 0.6) is 17.2 Å². The van der Waals surface area contributed by atoms with Crippen LogP contribution in [-0.2, 0) is 16.8 Å². The monoisotopic (exact) mass is 791 g/mol. The van der Waals surface area contributed by atoms with E-state index in [0.717, 1.165) is 34.0 Å². The zero-order chi connectivity index (χ0) is 39.8. The number of H-pyrrole nitrogens is 1. The molecule has 1 saturated heterocycles. The Labute approximate surface area is 327 Å². The number of aromatic nitrogens is 2. The third-order valence-electron chi connectivity index (χ3n) is 9.74. The lowest BCUT2D eigenvalue weighted by Gasteiger charge is -2.42. The van der Waals surface area contributed by atoms with Crippen molar-refractivity contribution in [3.05, 3.63) is 191 Å². The van der Waals surface area contributed by atoms with E-state index >= 15 is 0 Å². The van der Waals surface area contributed by atoms with Gasteiger partial charge in [0, 0.05) is 6.07 Å². The summed E-state index contributed by atoms with van der Waals surface area (Å²) in [6, 6.07) is 39.8. The first-order valence-corrected chi connectivity index (χ1v) is 18.6. The lowest BCUT2D eigenvalue weighted by Crippen LogP contribution is -2.51. The van der Waals surface area contributed by atoms with Gasteiger partial charge in [-0.3, -0.25) is 14.5 Å². The Morgan fingerprint density at radius 3 is 1.75 bits per heavy atom. The molecule has 1 aliphatic rings. The number of imide groups is 1. The average molecular weight is 792 g/mol. The van der Waals surface area contributed by atoms with Gasteiger partial charge >= 0.3 is 0 Å². The Kier molecular flexibility index (Phi) is 10.0. The van der Waals surface area contributed by atoms with Gasteiger partial charge in [0.2, 0.25) is 40.7 Å². The number of benzene rings is 6. The number of imidazole rings is 1. The molecule has 6 aromatic carbocycles. The Hall–Kier alpha value is -6.47. The van der Waals surface area contributed by atoms with Gasteiger partial charge in [0.25, 0.3) is 5.24 Å². The predicted molar refractivity (Wildman–Crippen MR) is 204 cm³/mol. The molecule has 1 aromatic heterocycles. The van der Waals surface area contributed by atoms with Crippen molar-refractivity contribution in [2.45, 2.75) is 30.2 Å². The van der Waals surface area contributed by atoms with E-state index in [1.807, 2.05) is 103 Å². The molecule has 0 spiro atoms. The number of amides is 2. The molecular formula is C44H30F5N3O4S. The largest absolute Gasteiger partial charge is 0.483 e. The number of carbonyl (C=O) groups is 2. The minimum Gasteiger partial charge on any atom is -0.483 e. The Balaban J connectivity index is 0.991. The van der Waals surface area contributed by atoms with Crippen LogP contribution >= 0.6 is 11.8 Å². The van der Waals surface area contributed by atoms with Crippen molar-refractivity contribution in [3.8, 4) is 17.2 Å². The molecule has 13 heteroatoms. The number of rotatable bonds is 11. The third-order valence-corrected chi connectivity index (χ3v) is 10.8. The van der Waals surface area contributed by atoms with Crippen molar-refractivity contribution < 1.29 is 41.0 Å². The quantitative estimate of drug-likeness (QED) is 0.0608. The molecule has 0 bridgehead atoms. The van der Waals surface area contributed by atoms with Crippen LogP contribution < -0.4 is 9.47 Å². The van der Waals surface area contributed by atoms with E-state index in [2.05, 4.69) is 9.97 Å². The molecule has 7 nitrogen and oxygen atoms in total. The highest BCUT2D eigenvalue weighted by atomic mass is 32.2. The first kappa shape index (κ1) is 37.5. The number of halogens is 5. The lowest BCUT2D eigenvalue weighted by atomic mass is 9.75. The molecule has 2 unspecified atom stereocenters. The summed E-state index contributed by atoms with van der Waals surface area (Å²) in [6.07, 6.45) is -0.335. The van der Waals surface area contributed by atoms with Gasteiger partial charge in [-0.25, -0.2) is 18.2 Å². The standard InChI is InChI=1S/C44H30F5N3O4S/c1-25(41-50-32-22-21-31(24-33(32)51-41)56-40-38(48)36(46)35(45)37(47)39(40)49)55-30-19-17-26(18-20-30)23-34-42(53)52(43(54)57-34)44(27-11-5-2-6-12-27,28-13-7-3-8-14-28)29-15-9-4-10-16-29/h2-22,24-25,34H,23H2,1H3,(H,50,51). The average Bonchev–Trinajstić information content (AvgIpc) is 3.79. The van der Waals surface area contributed by atoms with Gasteiger partial charge < -0.3 is 14.5 Å². The minimum absolute atomic E-state index is 0.195. The summed E-state index contributed by atoms with van der Waals surface area (Å²) in [6.45, 7) is 1.74. The van der Waals surface area contributed by atoms with Crippen LogP contribution in [0.1, 0.15) is 41.1 Å². The van der Waals surface area contributed by atoms with Crippen LogP contribution in [0.4, 0.5) is 26.7 Å². The summed E-state index contributed by atoms with van der Waals surface area (Å²) in [5.74, 6) is -11.8. The van der Waals surface area contributed by atoms with Gasteiger partial charge in [0.1, 0.15) is 22.9 Å². The molecular weight excluding hydrogens is 762 g/mol. The molecule has 0 radical (unpaired) electrons. The molecule has 1 aliphatic heterocycles. The fourth-order valence-electron chi connectivity index (χ4n) is 7.05. The molecule has 1 fully saturated rings. The summed E-state index contributed by atoms with van der Waals surface area (Å²) in [5, 5.41) is -1.03. The molecule has 8 rings (SSSR count). The Morgan fingerprint density at radius 1 is 0.702 bits per heavy atom. The topological polar surface area (TPSA) is 84.5 Å². The minimum atomic E-state index is -2.28. The predicted octanol–water partition coefficient (Wildman–Crippen LogP) is 10.8. The molecule has 286 valence electrons. The number of carbonyl (C=O) groups excluding carboxylic acids is 2. The molecule has 2 atom stereocenters. The smallest absolute Gasteiger partial charge is 0.290 e. The second-order valence-electron chi connectivity index (χ2n) is 13.3. The normalized spacial score (nSPS) is 15.0. The first-order chi connectivity index (χ1) is 27.6. The van der Waals surface area contributed by atoms with E-state index < -0.39 is 51.7 Å². The fourth-order valence-corrected chi connectivity index (χ4v) is 8.11. The van der Waals surface area contributed by atoms with E-state index in [1.165, 1.54) is 23.1 Å². The SMILES string of the molecule is CC(Oc1ccc(CC2SC(=O)N(C(c3ccccc3)(c3ccccc3)c3ccccc3)C2=O)cc1)c1nc2ccc(Oc3c(F)c(F)c(F)c(F)c3F)cc2[nH]1. The molecule has 7 aromatic rings. The summed E-state index contributed by atoms with van der Waals surface area (Å²) < 4.78 is 80.4. The molecule has 57 heavy (non-hydrogen) atoms. The van der Waals surface area contributed by atoms with Crippen molar-refractivity contribution in [1.82, 2.24) is 14.9 Å². The van der Waals surface area contributed by atoms with E-state index in [0.29, 0.717) is 22.6 Å². The molecule has 2 heterocycles. The number of hydrogen-bond donors (Lipinski definition) is 1. The van der Waals surface area contributed by atoms with E-state index in [1.54, 1.807) is 19.1 Å². The highest BCUT2D eigenvalue weighted by Gasteiger charge is 2.54. The third kappa shape index (κ3) is 6.77. The van der Waals surface area contributed by atoms with Crippen LogP contribution in [0.3, 0.4) is 0 Å². The number of ether oxygens (including phenoxy) is 2. The molecule has 0 saturated carbocycles. The van der Waals surface area contributed by atoms with E-state index in [-0.39, 0.29) is 23.3 Å². The lowest BCUT2D eigenvalue weighted by molar-refractivity contribution is -0.129. The number of aromatic amines is 1. The van der Waals surface area contributed by atoms with Crippen LogP contribution in [0.25, 0.3) is 11.0 Å². The van der Waals surface area contributed by atoms with Crippen molar-refractivity contribution >= 4 is 33.9 Å². The second kappa shape index (κ2) is 15.2. The van der Waals surface area contributed by atoms with Crippen LogP contribution in [-0.4, -0.2) is 31.3 Å². The van der Waals surface area contributed by atoms with Gasteiger partial charge in [-0.2, -0.15) is 8.78 Å². The first-order valence-electron chi connectivity index (χ1n) is 17.7. The number of fused-ring (bicyclic) bond motifs is 1. The number of thioether (sulfide) groups is 1. The maximum Gasteiger partial charge on any atom is 0.290 e. The zero-order valence-corrected chi connectivity index (χ0v) is 30.7. The fraction of sp³-hybridized carbons (Fsp3) is 0.114. The maximum absolute atomic E-state index is 14.5. The van der Waals surface area contributed by atoms with Crippen molar-refractivity contribution in [2.24, 2.45) is 0 Å². The Bertz CT molecular complexity index is 2490. The van der Waals surface area contributed by atoms with Crippen LogP contribution in [0.2, 0.25) is 0 Å². The second-order valence-corrected chi connectivity index (χ2v) is 14.4.